The maximum atomic E-state index is 12.5. The average molecular weight is 418 g/mol. The molecule has 2 heterocycles. The highest BCUT2D eigenvalue weighted by atomic mass is 32.2. The van der Waals surface area contributed by atoms with Gasteiger partial charge in [-0.25, -0.2) is 4.68 Å². The molecule has 2 aromatic rings. The number of nitrogens with zero attached hydrogens (tertiary/aromatic N) is 4. The number of thioether (sulfide) groups is 1. The molecule has 0 bridgehead atoms. The molecule has 0 aliphatic carbocycles. The fourth-order valence-corrected chi connectivity index (χ4v) is 3.82. The van der Waals surface area contributed by atoms with Gasteiger partial charge in [-0.15, -0.1) is 0 Å². The molecule has 1 aromatic heterocycles. The fourth-order valence-electron chi connectivity index (χ4n) is 2.51. The second-order valence-electron chi connectivity index (χ2n) is 5.82. The first kappa shape index (κ1) is 19.7. The molecule has 1 aliphatic rings. The van der Waals surface area contributed by atoms with Crippen LogP contribution in [-0.4, -0.2) is 47.5 Å². The third-order valence-electron chi connectivity index (χ3n) is 3.87. The van der Waals surface area contributed by atoms with Crippen LogP contribution < -0.4 is 0 Å². The molecule has 1 N–H and O–H groups in total. The Morgan fingerprint density at radius 3 is 2.71 bits per heavy atom. The quantitative estimate of drug-likeness (QED) is 0.316. The van der Waals surface area contributed by atoms with E-state index in [9.17, 15) is 19.7 Å². The Kier molecular flexibility index (Phi) is 5.85. The van der Waals surface area contributed by atoms with Crippen LogP contribution in [-0.2, 0) is 9.59 Å². The van der Waals surface area contributed by atoms with Gasteiger partial charge < -0.3 is 5.11 Å². The van der Waals surface area contributed by atoms with Crippen LogP contribution in [0, 0.1) is 10.1 Å². The number of aromatic nitrogens is 2. The van der Waals surface area contributed by atoms with E-state index in [0.717, 1.165) is 11.8 Å². The molecule has 28 heavy (non-hydrogen) atoms. The number of carbonyl (C=O) groups excluding carboxylic acids is 1. The minimum atomic E-state index is -0.917. The molecule has 11 heteroatoms. The number of non-ortho nitro benzene ring substituents is 1. The highest BCUT2D eigenvalue weighted by molar-refractivity contribution is 8.26. The van der Waals surface area contributed by atoms with E-state index >= 15 is 0 Å². The Hall–Kier alpha value is -3.05. The number of benzene rings is 1. The van der Waals surface area contributed by atoms with Crippen molar-refractivity contribution >= 4 is 51.9 Å². The summed E-state index contributed by atoms with van der Waals surface area (Å²) in [5.74, 6) is -1.18. The lowest BCUT2D eigenvalue weighted by Crippen LogP contribution is -2.29. The molecule has 1 amide bonds. The molecule has 0 atom stereocenters. The topological polar surface area (TPSA) is 119 Å². The van der Waals surface area contributed by atoms with Crippen LogP contribution >= 0.6 is 24.0 Å². The summed E-state index contributed by atoms with van der Waals surface area (Å²) in [5.41, 5.74) is 1.30. The fraction of sp³-hybridized carbons (Fsp3) is 0.176. The SMILES string of the molecule is O=C(O)CCCN1C(=O)C(=Cc2cnn(-c3ccc([N+](=O)[O-])cc3)c2)SC1=S. The number of rotatable bonds is 7. The number of thiocarbonyl (C=S) groups is 1. The molecular weight excluding hydrogens is 404 g/mol. The van der Waals surface area contributed by atoms with E-state index in [2.05, 4.69) is 5.10 Å². The van der Waals surface area contributed by atoms with Crippen LogP contribution in [0.15, 0.2) is 41.6 Å². The Morgan fingerprint density at radius 1 is 1.36 bits per heavy atom. The zero-order valence-corrected chi connectivity index (χ0v) is 16.0. The number of carboxylic acid groups (broad SMARTS) is 1. The van der Waals surface area contributed by atoms with Crippen molar-refractivity contribution in [3.63, 3.8) is 0 Å². The first-order valence-electron chi connectivity index (χ1n) is 8.12. The highest BCUT2D eigenvalue weighted by Crippen LogP contribution is 2.32. The lowest BCUT2D eigenvalue weighted by Gasteiger charge is -2.13. The molecular formula is C17H14N4O5S2. The van der Waals surface area contributed by atoms with Crippen LogP contribution in [0.4, 0.5) is 5.69 Å². The first-order valence-corrected chi connectivity index (χ1v) is 9.34. The summed E-state index contributed by atoms with van der Waals surface area (Å²) in [7, 11) is 0. The predicted molar refractivity (Wildman–Crippen MR) is 107 cm³/mol. The van der Waals surface area contributed by atoms with Gasteiger partial charge in [0.1, 0.15) is 4.32 Å². The van der Waals surface area contributed by atoms with Crippen molar-refractivity contribution in [2.75, 3.05) is 6.54 Å². The Bertz CT molecular complexity index is 984. The predicted octanol–water partition coefficient (Wildman–Crippen LogP) is 2.85. The van der Waals surface area contributed by atoms with Gasteiger partial charge in [-0.2, -0.15) is 5.10 Å². The van der Waals surface area contributed by atoms with Crippen LogP contribution in [0.25, 0.3) is 11.8 Å². The lowest BCUT2D eigenvalue weighted by molar-refractivity contribution is -0.384. The molecule has 0 radical (unpaired) electrons. The summed E-state index contributed by atoms with van der Waals surface area (Å²) >= 11 is 6.36. The van der Waals surface area contributed by atoms with Crippen molar-refractivity contribution in [2.45, 2.75) is 12.8 Å². The van der Waals surface area contributed by atoms with Gasteiger partial charge in [0.05, 0.1) is 21.7 Å². The molecule has 1 fully saturated rings. The highest BCUT2D eigenvalue weighted by Gasteiger charge is 2.31. The third kappa shape index (κ3) is 4.43. The van der Waals surface area contributed by atoms with Gasteiger partial charge in [-0.05, 0) is 24.6 Å². The van der Waals surface area contributed by atoms with E-state index in [0.29, 0.717) is 26.9 Å². The monoisotopic (exact) mass is 418 g/mol. The van der Waals surface area contributed by atoms with Crippen molar-refractivity contribution in [2.24, 2.45) is 0 Å². The van der Waals surface area contributed by atoms with Crippen LogP contribution in [0.2, 0.25) is 0 Å². The molecule has 0 unspecified atom stereocenters. The summed E-state index contributed by atoms with van der Waals surface area (Å²) in [6, 6.07) is 5.94. The number of carbonyl (C=O) groups is 2. The largest absolute Gasteiger partial charge is 0.481 e. The summed E-state index contributed by atoms with van der Waals surface area (Å²) in [5, 5.41) is 23.6. The summed E-state index contributed by atoms with van der Waals surface area (Å²) in [6.45, 7) is 0.260. The van der Waals surface area contributed by atoms with E-state index in [-0.39, 0.29) is 24.6 Å². The minimum Gasteiger partial charge on any atom is -0.481 e. The molecule has 0 spiro atoms. The number of hydrogen-bond acceptors (Lipinski definition) is 7. The molecule has 9 nitrogen and oxygen atoms in total. The zero-order valence-electron chi connectivity index (χ0n) is 14.3. The van der Waals surface area contributed by atoms with Gasteiger partial charge in [0.25, 0.3) is 11.6 Å². The van der Waals surface area contributed by atoms with Gasteiger partial charge >= 0.3 is 5.97 Å². The van der Waals surface area contributed by atoms with E-state index in [4.69, 9.17) is 17.3 Å². The van der Waals surface area contributed by atoms with Crippen molar-refractivity contribution in [1.82, 2.24) is 14.7 Å². The van der Waals surface area contributed by atoms with Gasteiger partial charge in [0, 0.05) is 36.9 Å². The van der Waals surface area contributed by atoms with Crippen LogP contribution in [0.5, 0.6) is 0 Å². The maximum Gasteiger partial charge on any atom is 0.303 e. The maximum absolute atomic E-state index is 12.5. The van der Waals surface area contributed by atoms with Gasteiger partial charge in [-0.1, -0.05) is 24.0 Å². The molecule has 3 rings (SSSR count). The van der Waals surface area contributed by atoms with Crippen molar-refractivity contribution < 1.29 is 19.6 Å². The molecule has 1 aromatic carbocycles. The minimum absolute atomic E-state index is 0.0114. The lowest BCUT2D eigenvalue weighted by atomic mass is 10.2. The van der Waals surface area contributed by atoms with E-state index in [1.165, 1.54) is 17.0 Å². The summed E-state index contributed by atoms with van der Waals surface area (Å²) < 4.78 is 1.94. The Labute approximate surface area is 168 Å². The van der Waals surface area contributed by atoms with Crippen LogP contribution in [0.3, 0.4) is 0 Å². The summed E-state index contributed by atoms with van der Waals surface area (Å²) in [6.07, 6.45) is 5.22. The molecule has 0 saturated carbocycles. The number of aliphatic carboxylic acids is 1. The Balaban J connectivity index is 1.72. The number of carboxylic acids is 1. The van der Waals surface area contributed by atoms with Gasteiger partial charge in [-0.3, -0.25) is 24.6 Å². The zero-order chi connectivity index (χ0) is 20.3. The summed E-state index contributed by atoms with van der Waals surface area (Å²) in [4.78, 5) is 35.2. The van der Waals surface area contributed by atoms with Crippen LogP contribution in [0.1, 0.15) is 18.4 Å². The third-order valence-corrected chi connectivity index (χ3v) is 5.25. The second kappa shape index (κ2) is 8.31. The van der Waals surface area contributed by atoms with E-state index in [1.54, 1.807) is 35.3 Å². The number of nitro benzene ring substituents is 1. The van der Waals surface area contributed by atoms with Crippen molar-refractivity contribution in [1.29, 1.82) is 0 Å². The van der Waals surface area contributed by atoms with E-state index in [1.807, 2.05) is 0 Å². The number of hydrogen-bond donors (Lipinski definition) is 1. The van der Waals surface area contributed by atoms with Crippen molar-refractivity contribution in [3.05, 3.63) is 57.2 Å². The second-order valence-corrected chi connectivity index (χ2v) is 7.50. The Morgan fingerprint density at radius 2 is 2.07 bits per heavy atom. The number of amides is 1. The van der Waals surface area contributed by atoms with Crippen molar-refractivity contribution in [3.8, 4) is 5.69 Å². The van der Waals surface area contributed by atoms with E-state index < -0.39 is 10.9 Å². The average Bonchev–Trinajstić information content (AvgIpc) is 3.22. The van der Waals surface area contributed by atoms with Gasteiger partial charge in [0.15, 0.2) is 0 Å². The standard InChI is InChI=1S/C17H14N4O5S2/c22-15(23)2-1-7-19-16(24)14(28-17(19)27)8-11-9-18-20(10-11)12-3-5-13(6-4-12)21(25)26/h3-6,8-10H,1-2,7H2,(H,22,23). The number of nitro groups is 1. The normalized spacial score (nSPS) is 15.4. The molecule has 1 aliphatic heterocycles. The smallest absolute Gasteiger partial charge is 0.303 e. The van der Waals surface area contributed by atoms with Gasteiger partial charge in [0.2, 0.25) is 0 Å². The first-order chi connectivity index (χ1) is 13.3. The molecule has 1 saturated heterocycles. The molecule has 144 valence electrons.